The van der Waals surface area contributed by atoms with E-state index in [0.717, 1.165) is 25.1 Å². The molecule has 2 N–H and O–H groups in total. The lowest BCUT2D eigenvalue weighted by molar-refractivity contribution is 0.0749. The van der Waals surface area contributed by atoms with Crippen molar-refractivity contribution in [2.24, 2.45) is 0 Å². The molecule has 0 radical (unpaired) electrons. The van der Waals surface area contributed by atoms with Crippen molar-refractivity contribution in [2.75, 3.05) is 39.5 Å². The number of benzene rings is 1. The van der Waals surface area contributed by atoms with E-state index in [1.807, 2.05) is 19.0 Å². The van der Waals surface area contributed by atoms with Gasteiger partial charge in [0.25, 0.3) is 5.91 Å². The van der Waals surface area contributed by atoms with E-state index < -0.39 is 23.1 Å². The van der Waals surface area contributed by atoms with Crippen LogP contribution in [0.1, 0.15) is 23.7 Å². The summed E-state index contributed by atoms with van der Waals surface area (Å²) in [6, 6.07) is 2.13. The Balaban J connectivity index is 2.89. The summed E-state index contributed by atoms with van der Waals surface area (Å²) < 4.78 is 27.5. The van der Waals surface area contributed by atoms with Gasteiger partial charge in [0.2, 0.25) is 0 Å². The standard InChI is InChI=1S/C14H21F2N3O/c1-4-19(9-5-8-18(2)3)14(20)12-10(15)6-7-11(17)13(12)16/h6-7H,4-5,8-9,17H2,1-3H3. The van der Waals surface area contributed by atoms with Gasteiger partial charge in [-0.25, -0.2) is 8.78 Å². The third-order valence-corrected chi connectivity index (χ3v) is 3.04. The van der Waals surface area contributed by atoms with E-state index in [-0.39, 0.29) is 5.69 Å². The number of halogens is 2. The third kappa shape index (κ3) is 3.90. The van der Waals surface area contributed by atoms with Crippen molar-refractivity contribution in [3.05, 3.63) is 29.3 Å². The van der Waals surface area contributed by atoms with Crippen LogP contribution in [0.5, 0.6) is 0 Å². The maximum atomic E-state index is 13.8. The van der Waals surface area contributed by atoms with Crippen LogP contribution in [0.2, 0.25) is 0 Å². The molecule has 1 aromatic carbocycles. The molecule has 1 aromatic rings. The fourth-order valence-corrected chi connectivity index (χ4v) is 1.90. The molecule has 0 saturated carbocycles. The summed E-state index contributed by atoms with van der Waals surface area (Å²) in [7, 11) is 3.85. The van der Waals surface area contributed by atoms with E-state index >= 15 is 0 Å². The second kappa shape index (κ2) is 7.19. The Bertz CT molecular complexity index is 478. The fourth-order valence-electron chi connectivity index (χ4n) is 1.90. The van der Waals surface area contributed by atoms with Crippen LogP contribution in [-0.4, -0.2) is 49.4 Å². The summed E-state index contributed by atoms with van der Waals surface area (Å²) >= 11 is 0. The van der Waals surface area contributed by atoms with Crippen LogP contribution in [0.25, 0.3) is 0 Å². The van der Waals surface area contributed by atoms with Crippen LogP contribution < -0.4 is 5.73 Å². The van der Waals surface area contributed by atoms with Crippen LogP contribution in [0, 0.1) is 11.6 Å². The smallest absolute Gasteiger partial charge is 0.259 e. The van der Waals surface area contributed by atoms with E-state index in [2.05, 4.69) is 0 Å². The summed E-state index contributed by atoms with van der Waals surface area (Å²) in [4.78, 5) is 15.6. The Morgan fingerprint density at radius 2 is 1.90 bits per heavy atom. The first kappa shape index (κ1) is 16.4. The zero-order valence-corrected chi connectivity index (χ0v) is 12.1. The minimum atomic E-state index is -0.985. The van der Waals surface area contributed by atoms with Gasteiger partial charge in [0, 0.05) is 13.1 Å². The Kier molecular flexibility index (Phi) is 5.88. The van der Waals surface area contributed by atoms with Crippen molar-refractivity contribution in [3.63, 3.8) is 0 Å². The van der Waals surface area contributed by atoms with Gasteiger partial charge in [-0.05, 0) is 46.1 Å². The topological polar surface area (TPSA) is 49.6 Å². The van der Waals surface area contributed by atoms with Gasteiger partial charge in [-0.15, -0.1) is 0 Å². The van der Waals surface area contributed by atoms with Gasteiger partial charge in [0.1, 0.15) is 11.4 Å². The lowest BCUT2D eigenvalue weighted by Crippen LogP contribution is -2.34. The summed E-state index contributed by atoms with van der Waals surface area (Å²) in [5.74, 6) is -2.53. The van der Waals surface area contributed by atoms with Crippen molar-refractivity contribution in [3.8, 4) is 0 Å². The lowest BCUT2D eigenvalue weighted by atomic mass is 10.1. The van der Waals surface area contributed by atoms with Gasteiger partial charge in [0.15, 0.2) is 5.82 Å². The monoisotopic (exact) mass is 285 g/mol. The molecule has 1 amide bonds. The SMILES string of the molecule is CCN(CCCN(C)C)C(=O)c1c(F)ccc(N)c1F. The number of nitrogen functional groups attached to an aromatic ring is 1. The number of nitrogens with zero attached hydrogens (tertiary/aromatic N) is 2. The highest BCUT2D eigenvalue weighted by molar-refractivity contribution is 5.95. The Hall–Kier alpha value is -1.69. The summed E-state index contributed by atoms with van der Waals surface area (Å²) in [6.07, 6.45) is 0.734. The molecular formula is C14H21F2N3O. The molecule has 0 atom stereocenters. The number of hydrogen-bond acceptors (Lipinski definition) is 3. The molecule has 4 nitrogen and oxygen atoms in total. The maximum absolute atomic E-state index is 13.8. The molecule has 0 heterocycles. The van der Waals surface area contributed by atoms with Gasteiger partial charge < -0.3 is 15.5 Å². The highest BCUT2D eigenvalue weighted by Crippen LogP contribution is 2.20. The third-order valence-electron chi connectivity index (χ3n) is 3.04. The number of nitrogens with two attached hydrogens (primary N) is 1. The quantitative estimate of drug-likeness (QED) is 0.813. The van der Waals surface area contributed by atoms with E-state index in [1.54, 1.807) is 6.92 Å². The molecule has 0 fully saturated rings. The molecule has 0 aliphatic heterocycles. The molecule has 6 heteroatoms. The molecule has 0 bridgehead atoms. The number of hydrogen-bond donors (Lipinski definition) is 1. The molecule has 0 aliphatic carbocycles. The van der Waals surface area contributed by atoms with Crippen LogP contribution in [-0.2, 0) is 0 Å². The minimum absolute atomic E-state index is 0.223. The van der Waals surface area contributed by atoms with Gasteiger partial charge in [0.05, 0.1) is 5.69 Å². The molecule has 20 heavy (non-hydrogen) atoms. The first-order valence-electron chi connectivity index (χ1n) is 6.56. The zero-order chi connectivity index (χ0) is 15.3. The van der Waals surface area contributed by atoms with Gasteiger partial charge in [-0.1, -0.05) is 0 Å². The average Bonchev–Trinajstić information content (AvgIpc) is 2.39. The Morgan fingerprint density at radius 3 is 2.45 bits per heavy atom. The highest BCUT2D eigenvalue weighted by Gasteiger charge is 2.23. The largest absolute Gasteiger partial charge is 0.396 e. The van der Waals surface area contributed by atoms with Crippen LogP contribution in [0.4, 0.5) is 14.5 Å². The van der Waals surface area contributed by atoms with E-state index in [1.165, 1.54) is 4.90 Å². The molecule has 0 spiro atoms. The molecule has 112 valence electrons. The first-order chi connectivity index (χ1) is 9.38. The molecule has 0 unspecified atom stereocenters. The number of amides is 1. The maximum Gasteiger partial charge on any atom is 0.259 e. The van der Waals surface area contributed by atoms with Gasteiger partial charge in [-0.2, -0.15) is 0 Å². The van der Waals surface area contributed by atoms with Crippen molar-refractivity contribution >= 4 is 11.6 Å². The molecular weight excluding hydrogens is 264 g/mol. The molecule has 0 saturated heterocycles. The van der Waals surface area contributed by atoms with E-state index in [0.29, 0.717) is 13.1 Å². The highest BCUT2D eigenvalue weighted by atomic mass is 19.1. The van der Waals surface area contributed by atoms with E-state index in [4.69, 9.17) is 5.73 Å². The van der Waals surface area contributed by atoms with Crippen LogP contribution >= 0.6 is 0 Å². The van der Waals surface area contributed by atoms with Crippen molar-refractivity contribution in [1.29, 1.82) is 0 Å². The fraction of sp³-hybridized carbons (Fsp3) is 0.500. The number of carbonyl (C=O) groups is 1. The predicted molar refractivity (Wildman–Crippen MR) is 75.5 cm³/mol. The molecule has 1 rings (SSSR count). The lowest BCUT2D eigenvalue weighted by Gasteiger charge is -2.22. The second-order valence-corrected chi connectivity index (χ2v) is 4.87. The van der Waals surface area contributed by atoms with Crippen LogP contribution in [0.15, 0.2) is 12.1 Å². The summed E-state index contributed by atoms with van der Waals surface area (Å²) in [5.41, 5.74) is 4.59. The van der Waals surface area contributed by atoms with Crippen molar-refractivity contribution < 1.29 is 13.6 Å². The van der Waals surface area contributed by atoms with E-state index in [9.17, 15) is 13.6 Å². The average molecular weight is 285 g/mol. The van der Waals surface area contributed by atoms with Crippen molar-refractivity contribution in [1.82, 2.24) is 9.80 Å². The zero-order valence-electron chi connectivity index (χ0n) is 12.1. The summed E-state index contributed by atoms with van der Waals surface area (Å²) in [6.45, 7) is 3.41. The minimum Gasteiger partial charge on any atom is -0.396 e. The number of rotatable bonds is 6. The summed E-state index contributed by atoms with van der Waals surface area (Å²) in [5, 5.41) is 0. The van der Waals surface area contributed by atoms with Crippen molar-refractivity contribution in [2.45, 2.75) is 13.3 Å². The normalized spacial score (nSPS) is 10.9. The first-order valence-corrected chi connectivity index (χ1v) is 6.56. The predicted octanol–water partition coefficient (Wildman–Crippen LogP) is 1.96. The van der Waals surface area contributed by atoms with Crippen LogP contribution in [0.3, 0.4) is 0 Å². The Labute approximate surface area is 118 Å². The molecule has 0 aliphatic rings. The Morgan fingerprint density at radius 1 is 1.25 bits per heavy atom. The van der Waals surface area contributed by atoms with Gasteiger partial charge in [-0.3, -0.25) is 4.79 Å². The molecule has 0 aromatic heterocycles. The van der Waals surface area contributed by atoms with Gasteiger partial charge >= 0.3 is 0 Å². The number of carbonyl (C=O) groups excluding carboxylic acids is 1. The second-order valence-electron chi connectivity index (χ2n) is 4.87. The number of anilines is 1.